The van der Waals surface area contributed by atoms with Crippen LogP contribution in [0, 0.1) is 11.6 Å². The zero-order valence-electron chi connectivity index (χ0n) is 9.24. The van der Waals surface area contributed by atoms with Crippen molar-refractivity contribution in [2.75, 3.05) is 0 Å². The van der Waals surface area contributed by atoms with E-state index in [1.165, 1.54) is 24.3 Å². The summed E-state index contributed by atoms with van der Waals surface area (Å²) in [6.07, 6.45) is 1.76. The minimum absolute atomic E-state index is 0.0452. The largest absolute Gasteiger partial charge is 0.207 e. The Morgan fingerprint density at radius 1 is 0.765 bits per heavy atom. The first-order valence-corrected chi connectivity index (χ1v) is 5.34. The molecule has 0 aromatic heterocycles. The molecule has 86 valence electrons. The van der Waals surface area contributed by atoms with Gasteiger partial charge in [-0.1, -0.05) is 30.3 Å². The Bertz CT molecular complexity index is 452. The van der Waals surface area contributed by atoms with Gasteiger partial charge in [0, 0.05) is 5.92 Å². The van der Waals surface area contributed by atoms with Gasteiger partial charge < -0.3 is 0 Å². The summed E-state index contributed by atoms with van der Waals surface area (Å²) in [5, 5.41) is 0. The summed E-state index contributed by atoms with van der Waals surface area (Å²) in [7, 11) is 0. The lowest BCUT2D eigenvalue weighted by Gasteiger charge is -2.13. The molecule has 2 heteroatoms. The van der Waals surface area contributed by atoms with Crippen LogP contribution < -0.4 is 0 Å². The minimum Gasteiger partial charge on any atom is -0.207 e. The molecule has 0 aliphatic heterocycles. The Hall–Kier alpha value is -1.96. The molecule has 0 amide bonds. The summed E-state index contributed by atoms with van der Waals surface area (Å²) in [6, 6.07) is 12.5. The van der Waals surface area contributed by atoms with Gasteiger partial charge in [0.05, 0.1) is 0 Å². The van der Waals surface area contributed by atoms with Crippen LogP contribution in [-0.4, -0.2) is 0 Å². The van der Waals surface area contributed by atoms with Gasteiger partial charge in [0.1, 0.15) is 11.6 Å². The van der Waals surface area contributed by atoms with Gasteiger partial charge in [-0.25, -0.2) is 8.78 Å². The van der Waals surface area contributed by atoms with E-state index >= 15 is 0 Å². The van der Waals surface area contributed by atoms with E-state index in [0.29, 0.717) is 0 Å². The van der Waals surface area contributed by atoms with E-state index in [4.69, 9.17) is 0 Å². The predicted molar refractivity (Wildman–Crippen MR) is 64.8 cm³/mol. The molecule has 0 radical (unpaired) electrons. The van der Waals surface area contributed by atoms with Crippen molar-refractivity contribution in [1.82, 2.24) is 0 Å². The van der Waals surface area contributed by atoms with Crippen molar-refractivity contribution in [3.63, 3.8) is 0 Å². The van der Waals surface area contributed by atoms with Crippen LogP contribution in [0.1, 0.15) is 17.0 Å². The van der Waals surface area contributed by atoms with E-state index in [-0.39, 0.29) is 17.6 Å². The monoisotopic (exact) mass is 230 g/mol. The minimum atomic E-state index is -0.268. The van der Waals surface area contributed by atoms with Gasteiger partial charge in [-0.05, 0) is 35.4 Å². The summed E-state index contributed by atoms with van der Waals surface area (Å²) in [5.41, 5.74) is 1.88. The highest BCUT2D eigenvalue weighted by molar-refractivity contribution is 5.36. The number of rotatable bonds is 3. The van der Waals surface area contributed by atoms with Gasteiger partial charge in [-0.2, -0.15) is 0 Å². The van der Waals surface area contributed by atoms with E-state index in [1.807, 2.05) is 0 Å². The summed E-state index contributed by atoms with van der Waals surface area (Å²) in [4.78, 5) is 0. The summed E-state index contributed by atoms with van der Waals surface area (Å²) >= 11 is 0. The molecule has 2 rings (SSSR count). The van der Waals surface area contributed by atoms with Gasteiger partial charge in [-0.15, -0.1) is 6.58 Å². The number of allylic oxidation sites excluding steroid dienone is 1. The molecule has 0 aliphatic rings. The van der Waals surface area contributed by atoms with Crippen LogP contribution in [0.25, 0.3) is 0 Å². The molecule has 2 aromatic carbocycles. The number of hydrogen-bond donors (Lipinski definition) is 0. The van der Waals surface area contributed by atoms with Crippen molar-refractivity contribution in [1.29, 1.82) is 0 Å². The maximum atomic E-state index is 12.8. The van der Waals surface area contributed by atoms with Crippen molar-refractivity contribution >= 4 is 0 Å². The van der Waals surface area contributed by atoms with Crippen LogP contribution in [0.5, 0.6) is 0 Å². The lowest BCUT2D eigenvalue weighted by Crippen LogP contribution is -1.97. The molecular weight excluding hydrogens is 218 g/mol. The molecule has 0 fully saturated rings. The number of hydrogen-bond acceptors (Lipinski definition) is 0. The smallest absolute Gasteiger partial charge is 0.123 e. The SMILES string of the molecule is C=CC(c1ccc(F)cc1)c1ccc(F)cc1. The first-order valence-electron chi connectivity index (χ1n) is 5.34. The first kappa shape index (κ1) is 11.5. The molecule has 0 heterocycles. The summed E-state index contributed by atoms with van der Waals surface area (Å²) in [6.45, 7) is 3.77. The Morgan fingerprint density at radius 3 is 1.41 bits per heavy atom. The molecule has 0 saturated heterocycles. The molecule has 0 N–H and O–H groups in total. The number of halogens is 2. The summed E-state index contributed by atoms with van der Waals surface area (Å²) in [5.74, 6) is -0.581. The maximum absolute atomic E-state index is 12.8. The lowest BCUT2D eigenvalue weighted by atomic mass is 9.91. The predicted octanol–water partition coefficient (Wildman–Crippen LogP) is 4.28. The third kappa shape index (κ3) is 2.59. The fourth-order valence-corrected chi connectivity index (χ4v) is 1.80. The Balaban J connectivity index is 2.36. The average molecular weight is 230 g/mol. The van der Waals surface area contributed by atoms with Crippen molar-refractivity contribution in [2.24, 2.45) is 0 Å². The zero-order valence-corrected chi connectivity index (χ0v) is 9.24. The first-order chi connectivity index (χ1) is 8.20. The summed E-state index contributed by atoms with van der Waals surface area (Å²) < 4.78 is 25.7. The standard InChI is InChI=1S/C15H12F2/c1-2-15(11-3-7-13(16)8-4-11)12-5-9-14(17)10-6-12/h2-10,15H,1H2. The van der Waals surface area contributed by atoms with E-state index in [9.17, 15) is 8.78 Å². The van der Waals surface area contributed by atoms with Crippen molar-refractivity contribution in [3.05, 3.63) is 83.9 Å². The van der Waals surface area contributed by atoms with Gasteiger partial charge in [0.2, 0.25) is 0 Å². The normalized spacial score (nSPS) is 10.5. The van der Waals surface area contributed by atoms with Crippen molar-refractivity contribution < 1.29 is 8.78 Å². The molecule has 0 spiro atoms. The quantitative estimate of drug-likeness (QED) is 0.690. The molecule has 0 nitrogen and oxygen atoms in total. The van der Waals surface area contributed by atoms with Crippen LogP contribution in [-0.2, 0) is 0 Å². The van der Waals surface area contributed by atoms with Gasteiger partial charge in [0.25, 0.3) is 0 Å². The van der Waals surface area contributed by atoms with E-state index < -0.39 is 0 Å². The third-order valence-electron chi connectivity index (χ3n) is 2.69. The van der Waals surface area contributed by atoms with Crippen LogP contribution in [0.4, 0.5) is 8.78 Å². The Morgan fingerprint density at radius 2 is 1.12 bits per heavy atom. The maximum Gasteiger partial charge on any atom is 0.123 e. The van der Waals surface area contributed by atoms with Gasteiger partial charge >= 0.3 is 0 Å². The zero-order chi connectivity index (χ0) is 12.3. The van der Waals surface area contributed by atoms with E-state index in [0.717, 1.165) is 11.1 Å². The second-order valence-corrected chi connectivity index (χ2v) is 3.82. The molecule has 0 aliphatic carbocycles. The van der Waals surface area contributed by atoms with E-state index in [1.54, 1.807) is 30.3 Å². The fraction of sp³-hybridized carbons (Fsp3) is 0.0667. The van der Waals surface area contributed by atoms with Gasteiger partial charge in [0.15, 0.2) is 0 Å². The molecular formula is C15H12F2. The van der Waals surface area contributed by atoms with Crippen LogP contribution in [0.2, 0.25) is 0 Å². The molecule has 0 bridgehead atoms. The lowest BCUT2D eigenvalue weighted by molar-refractivity contribution is 0.626. The molecule has 2 aromatic rings. The highest BCUT2D eigenvalue weighted by atomic mass is 19.1. The van der Waals surface area contributed by atoms with Crippen molar-refractivity contribution in [2.45, 2.75) is 5.92 Å². The highest BCUT2D eigenvalue weighted by Gasteiger charge is 2.10. The molecule has 0 unspecified atom stereocenters. The molecule has 17 heavy (non-hydrogen) atoms. The average Bonchev–Trinajstić information content (AvgIpc) is 2.35. The topological polar surface area (TPSA) is 0 Å². The fourth-order valence-electron chi connectivity index (χ4n) is 1.80. The molecule has 0 saturated carbocycles. The van der Waals surface area contributed by atoms with Gasteiger partial charge in [-0.3, -0.25) is 0 Å². The van der Waals surface area contributed by atoms with Crippen molar-refractivity contribution in [3.8, 4) is 0 Å². The Kier molecular flexibility index (Phi) is 3.33. The molecule has 0 atom stereocenters. The number of benzene rings is 2. The van der Waals surface area contributed by atoms with Crippen LogP contribution in [0.15, 0.2) is 61.2 Å². The highest BCUT2D eigenvalue weighted by Crippen LogP contribution is 2.25. The van der Waals surface area contributed by atoms with E-state index in [2.05, 4.69) is 6.58 Å². The van der Waals surface area contributed by atoms with Crippen LogP contribution in [0.3, 0.4) is 0 Å². The second kappa shape index (κ2) is 4.91. The second-order valence-electron chi connectivity index (χ2n) is 3.82. The Labute approximate surface area is 99.2 Å². The van der Waals surface area contributed by atoms with Crippen LogP contribution >= 0.6 is 0 Å². The third-order valence-corrected chi connectivity index (χ3v) is 2.69.